The van der Waals surface area contributed by atoms with Gasteiger partial charge in [-0.15, -0.1) is 0 Å². The van der Waals surface area contributed by atoms with Crippen LogP contribution in [0.15, 0.2) is 59.5 Å². The lowest BCUT2D eigenvalue weighted by molar-refractivity contribution is -0.132. The summed E-state index contributed by atoms with van der Waals surface area (Å²) in [5.74, 6) is 0.598. The summed E-state index contributed by atoms with van der Waals surface area (Å²) in [7, 11) is 0. The fraction of sp³-hybridized carbons (Fsp3) is 0.320. The van der Waals surface area contributed by atoms with E-state index in [9.17, 15) is 14.7 Å². The number of aliphatic hydroxyl groups excluding tert-OH is 1. The fourth-order valence-corrected chi connectivity index (χ4v) is 4.74. The van der Waals surface area contributed by atoms with Gasteiger partial charge in [-0.1, -0.05) is 66.4 Å². The second kappa shape index (κ2) is 12.5. The number of ether oxygens (including phenoxy) is 1. The number of carbonyl (C=O) groups excluding carboxylic acids is 2. The van der Waals surface area contributed by atoms with Crippen LogP contribution in [0.2, 0.25) is 0 Å². The Labute approximate surface area is 204 Å². The molecule has 0 atom stereocenters. The highest BCUT2D eigenvalue weighted by Crippen LogP contribution is 2.33. The molecule has 0 unspecified atom stereocenters. The first-order valence-corrected chi connectivity index (χ1v) is 12.1. The predicted molar refractivity (Wildman–Crippen MR) is 136 cm³/mol. The Morgan fingerprint density at radius 1 is 1.18 bits per heavy atom. The largest absolute Gasteiger partial charge is 0.494 e. The van der Waals surface area contributed by atoms with Gasteiger partial charge >= 0.3 is 0 Å². The van der Waals surface area contributed by atoms with Crippen molar-refractivity contribution in [1.82, 2.24) is 9.80 Å². The topological polar surface area (TPSA) is 70.1 Å². The number of rotatable bonds is 11. The molecule has 0 aliphatic carbocycles. The summed E-state index contributed by atoms with van der Waals surface area (Å²) < 4.78 is 5.95. The van der Waals surface area contributed by atoms with Crippen molar-refractivity contribution in [2.75, 3.05) is 26.3 Å². The molecule has 0 aromatic heterocycles. The minimum absolute atomic E-state index is 0.0525. The van der Waals surface area contributed by atoms with E-state index in [0.717, 1.165) is 16.9 Å². The summed E-state index contributed by atoms with van der Waals surface area (Å²) in [4.78, 5) is 29.3. The summed E-state index contributed by atoms with van der Waals surface area (Å²) in [6.45, 7) is 3.55. The molecule has 2 aromatic carbocycles. The Bertz CT molecular complexity index is 993. The van der Waals surface area contributed by atoms with E-state index in [2.05, 4.69) is 0 Å². The summed E-state index contributed by atoms with van der Waals surface area (Å²) in [5, 5.41) is 9.34. The van der Waals surface area contributed by atoms with Crippen molar-refractivity contribution in [2.45, 2.75) is 26.3 Å². The number of thioether (sulfide) groups is 1. The first kappa shape index (κ1) is 25.0. The highest BCUT2D eigenvalue weighted by Gasteiger charge is 2.31. The highest BCUT2D eigenvalue weighted by atomic mass is 32.2. The van der Waals surface area contributed by atoms with Crippen LogP contribution in [-0.4, -0.2) is 57.3 Å². The maximum absolute atomic E-state index is 12.8. The summed E-state index contributed by atoms with van der Waals surface area (Å²) in [6, 6.07) is 17.2. The van der Waals surface area contributed by atoms with Gasteiger partial charge in [-0.05, 0) is 42.7 Å². The quantitative estimate of drug-likeness (QED) is 0.383. The Morgan fingerprint density at radius 3 is 2.58 bits per heavy atom. The van der Waals surface area contributed by atoms with Crippen LogP contribution >= 0.6 is 24.0 Å². The standard InChI is InChI=1S/C25H28N2O4S2/c1-2-31-21-12-10-19(11-13-21)17-22-24(30)27(25(32)33-22)14-6-9-23(29)26(15-16-28)18-20-7-4-3-5-8-20/h3-5,7-8,10-13,17,28H,2,6,9,14-16,18H2,1H3. The van der Waals surface area contributed by atoms with E-state index in [1.54, 1.807) is 9.80 Å². The molecule has 6 nitrogen and oxygen atoms in total. The minimum Gasteiger partial charge on any atom is -0.494 e. The predicted octanol–water partition coefficient (Wildman–Crippen LogP) is 4.09. The van der Waals surface area contributed by atoms with Gasteiger partial charge in [0.1, 0.15) is 10.1 Å². The zero-order valence-corrected chi connectivity index (χ0v) is 20.2. The third kappa shape index (κ3) is 7.15. The van der Waals surface area contributed by atoms with Crippen LogP contribution in [-0.2, 0) is 16.1 Å². The maximum atomic E-state index is 12.8. The number of nitrogens with zero attached hydrogens (tertiary/aromatic N) is 2. The molecule has 0 saturated carbocycles. The highest BCUT2D eigenvalue weighted by molar-refractivity contribution is 8.26. The third-order valence-corrected chi connectivity index (χ3v) is 6.45. The first-order valence-electron chi connectivity index (χ1n) is 10.9. The summed E-state index contributed by atoms with van der Waals surface area (Å²) in [6.07, 6.45) is 2.60. The molecule has 1 saturated heterocycles. The zero-order valence-electron chi connectivity index (χ0n) is 18.6. The van der Waals surface area contributed by atoms with E-state index < -0.39 is 0 Å². The van der Waals surface area contributed by atoms with Crippen molar-refractivity contribution in [1.29, 1.82) is 0 Å². The zero-order chi connectivity index (χ0) is 23.6. The Hall–Kier alpha value is -2.68. The molecule has 2 amide bonds. The van der Waals surface area contributed by atoms with E-state index in [1.807, 2.05) is 67.6 Å². The number of hydrogen-bond acceptors (Lipinski definition) is 6. The second-order valence-corrected chi connectivity index (χ2v) is 9.14. The van der Waals surface area contributed by atoms with Crippen LogP contribution in [0.3, 0.4) is 0 Å². The lowest BCUT2D eigenvalue weighted by Gasteiger charge is -2.22. The van der Waals surface area contributed by atoms with Crippen molar-refractivity contribution >= 4 is 46.2 Å². The van der Waals surface area contributed by atoms with Gasteiger partial charge in [0.25, 0.3) is 5.91 Å². The maximum Gasteiger partial charge on any atom is 0.266 e. The molecule has 2 aromatic rings. The van der Waals surface area contributed by atoms with Gasteiger partial charge in [-0.25, -0.2) is 0 Å². The molecule has 0 bridgehead atoms. The molecule has 0 radical (unpaired) electrons. The van der Waals surface area contributed by atoms with Crippen molar-refractivity contribution in [2.24, 2.45) is 0 Å². The number of carbonyl (C=O) groups is 2. The SMILES string of the molecule is CCOc1ccc(C=C2SC(=S)N(CCCC(=O)N(CCO)Cc3ccccc3)C2=O)cc1. The van der Waals surface area contributed by atoms with Crippen LogP contribution in [0, 0.1) is 0 Å². The van der Waals surface area contributed by atoms with Crippen molar-refractivity contribution in [3.8, 4) is 5.75 Å². The first-order chi connectivity index (χ1) is 16.0. The molecule has 174 valence electrons. The lowest BCUT2D eigenvalue weighted by Crippen LogP contribution is -2.34. The third-order valence-electron chi connectivity index (χ3n) is 5.07. The van der Waals surface area contributed by atoms with Gasteiger partial charge in [0.05, 0.1) is 18.1 Å². The fourth-order valence-electron chi connectivity index (χ4n) is 3.43. The van der Waals surface area contributed by atoms with Crippen LogP contribution in [0.25, 0.3) is 6.08 Å². The monoisotopic (exact) mass is 484 g/mol. The van der Waals surface area contributed by atoms with Gasteiger partial charge in [0.2, 0.25) is 5.91 Å². The van der Waals surface area contributed by atoms with Gasteiger partial charge in [0, 0.05) is 26.1 Å². The van der Waals surface area contributed by atoms with E-state index in [1.165, 1.54) is 11.8 Å². The molecule has 1 heterocycles. The molecular weight excluding hydrogens is 456 g/mol. The average molecular weight is 485 g/mol. The number of aliphatic hydroxyl groups is 1. The van der Waals surface area contributed by atoms with E-state index in [-0.39, 0.29) is 31.4 Å². The molecule has 1 fully saturated rings. The summed E-state index contributed by atoms with van der Waals surface area (Å²) in [5.41, 5.74) is 1.91. The molecule has 1 aliphatic rings. The normalized spacial score (nSPS) is 14.7. The van der Waals surface area contributed by atoms with Gasteiger partial charge in [-0.3, -0.25) is 14.5 Å². The minimum atomic E-state index is -0.136. The Balaban J connectivity index is 1.54. The molecule has 8 heteroatoms. The van der Waals surface area contributed by atoms with Gasteiger partial charge in [0.15, 0.2) is 0 Å². The molecule has 1 N–H and O–H groups in total. The summed E-state index contributed by atoms with van der Waals surface area (Å²) >= 11 is 6.68. The van der Waals surface area contributed by atoms with Gasteiger partial charge in [-0.2, -0.15) is 0 Å². The number of amides is 2. The van der Waals surface area contributed by atoms with E-state index >= 15 is 0 Å². The Kier molecular flexibility index (Phi) is 9.47. The van der Waals surface area contributed by atoms with Crippen LogP contribution in [0.4, 0.5) is 0 Å². The van der Waals surface area contributed by atoms with Crippen LogP contribution in [0.5, 0.6) is 5.75 Å². The second-order valence-electron chi connectivity index (χ2n) is 7.46. The van der Waals surface area contributed by atoms with Crippen molar-refractivity contribution < 1.29 is 19.4 Å². The van der Waals surface area contributed by atoms with Gasteiger partial charge < -0.3 is 14.7 Å². The molecular formula is C25H28N2O4S2. The molecule has 1 aliphatic heterocycles. The smallest absolute Gasteiger partial charge is 0.266 e. The molecule has 3 rings (SSSR count). The number of thiocarbonyl (C=S) groups is 1. The number of benzene rings is 2. The van der Waals surface area contributed by atoms with Crippen molar-refractivity contribution in [3.05, 3.63) is 70.6 Å². The number of hydrogen-bond donors (Lipinski definition) is 1. The Morgan fingerprint density at radius 2 is 1.91 bits per heavy atom. The van der Waals surface area contributed by atoms with E-state index in [4.69, 9.17) is 17.0 Å². The van der Waals surface area contributed by atoms with Crippen LogP contribution < -0.4 is 4.74 Å². The molecule has 33 heavy (non-hydrogen) atoms. The van der Waals surface area contributed by atoms with Crippen molar-refractivity contribution in [3.63, 3.8) is 0 Å². The molecule has 0 spiro atoms. The van der Waals surface area contributed by atoms with Crippen LogP contribution in [0.1, 0.15) is 30.9 Å². The average Bonchev–Trinajstić information content (AvgIpc) is 3.08. The van der Waals surface area contributed by atoms with E-state index in [0.29, 0.717) is 35.3 Å². The lowest BCUT2D eigenvalue weighted by atomic mass is 10.2.